The number of aliphatic carboxylic acids is 1. The van der Waals surface area contributed by atoms with E-state index in [2.05, 4.69) is 25.8 Å². The van der Waals surface area contributed by atoms with Gasteiger partial charge in [0.1, 0.15) is 16.3 Å². The van der Waals surface area contributed by atoms with Crippen molar-refractivity contribution in [1.82, 2.24) is 9.88 Å². The van der Waals surface area contributed by atoms with Crippen molar-refractivity contribution in [2.45, 2.75) is 77.8 Å². The third kappa shape index (κ3) is 5.59. The van der Waals surface area contributed by atoms with Crippen LogP contribution >= 0.6 is 11.3 Å². The van der Waals surface area contributed by atoms with Crippen molar-refractivity contribution in [3.8, 4) is 5.75 Å². The van der Waals surface area contributed by atoms with Crippen LogP contribution in [0.1, 0.15) is 87.8 Å². The lowest BCUT2D eigenvalue weighted by Crippen LogP contribution is -2.54. The lowest BCUT2D eigenvalue weighted by Gasteiger charge is -2.39. The fraction of sp³-hybridized carbons (Fsp3) is 0.607. The van der Waals surface area contributed by atoms with Crippen LogP contribution in [-0.2, 0) is 14.9 Å². The van der Waals surface area contributed by atoms with Gasteiger partial charge in [0.15, 0.2) is 0 Å². The molecule has 0 radical (unpaired) electrons. The Kier molecular flexibility index (Phi) is 8.83. The highest BCUT2D eigenvalue weighted by atomic mass is 32.1. The monoisotopic (exact) mass is 516 g/mol. The van der Waals surface area contributed by atoms with E-state index in [0.717, 1.165) is 17.0 Å². The maximum atomic E-state index is 14.3. The first-order valence-electron chi connectivity index (χ1n) is 12.7. The molecule has 2 heterocycles. The Morgan fingerprint density at radius 2 is 2.03 bits per heavy atom. The van der Waals surface area contributed by atoms with Crippen molar-refractivity contribution < 1.29 is 24.2 Å². The Morgan fingerprint density at radius 1 is 1.31 bits per heavy atom. The average molecular weight is 517 g/mol. The Balaban J connectivity index is 2.17. The van der Waals surface area contributed by atoms with Crippen molar-refractivity contribution in [1.29, 1.82) is 0 Å². The van der Waals surface area contributed by atoms with Gasteiger partial charge in [-0.15, -0.1) is 11.3 Å². The van der Waals surface area contributed by atoms with Crippen molar-refractivity contribution in [2.75, 3.05) is 20.3 Å². The van der Waals surface area contributed by atoms with E-state index >= 15 is 0 Å². The number of methoxy groups -OCH3 is 1. The molecule has 7 nitrogen and oxygen atoms in total. The van der Waals surface area contributed by atoms with Gasteiger partial charge in [-0.3, -0.25) is 4.79 Å². The third-order valence-electron chi connectivity index (χ3n) is 6.79. The van der Waals surface area contributed by atoms with Gasteiger partial charge in [-0.2, -0.15) is 0 Å². The number of nitrogens with zero attached hydrogens (tertiary/aromatic N) is 2. The summed E-state index contributed by atoms with van der Waals surface area (Å²) in [7, 11) is 1.59. The number of likely N-dealkylation sites (tertiary alicyclic amines) is 1. The van der Waals surface area contributed by atoms with Gasteiger partial charge in [0.05, 0.1) is 19.8 Å². The van der Waals surface area contributed by atoms with Crippen LogP contribution in [0.4, 0.5) is 0 Å². The number of amides is 1. The summed E-state index contributed by atoms with van der Waals surface area (Å²) in [5, 5.41) is 13.3. The lowest BCUT2D eigenvalue weighted by atomic mass is 9.83. The summed E-state index contributed by atoms with van der Waals surface area (Å²) in [6.07, 6.45) is 3.24. The number of rotatable bonds is 10. The summed E-state index contributed by atoms with van der Waals surface area (Å²) in [4.78, 5) is 33.5. The van der Waals surface area contributed by atoms with Crippen molar-refractivity contribution in [3.63, 3.8) is 0 Å². The highest BCUT2D eigenvalue weighted by Crippen LogP contribution is 2.51. The van der Waals surface area contributed by atoms with Gasteiger partial charge in [-0.05, 0) is 48.3 Å². The number of ether oxygens (including phenoxy) is 2. The second-order valence-electron chi connectivity index (χ2n) is 11.1. The molecule has 1 N–H and O–H groups in total. The Labute approximate surface area is 218 Å². The number of carboxylic acid groups (broad SMARTS) is 1. The molecule has 3 atom stereocenters. The van der Waals surface area contributed by atoms with Crippen LogP contribution in [0, 0.1) is 11.8 Å². The summed E-state index contributed by atoms with van der Waals surface area (Å²) in [6, 6.07) is 4.95. The quantitative estimate of drug-likeness (QED) is 0.393. The first kappa shape index (κ1) is 28.1. The molecular formula is C28H40N2O5S. The molecule has 0 saturated carbocycles. The summed E-state index contributed by atoms with van der Waals surface area (Å²) in [5.74, 6) is -0.804. The molecule has 0 bridgehead atoms. The molecule has 0 unspecified atom stereocenters. The van der Waals surface area contributed by atoms with Crippen LogP contribution in [0.2, 0.25) is 0 Å². The number of hydrogen-bond acceptors (Lipinski definition) is 6. The van der Waals surface area contributed by atoms with Crippen LogP contribution in [0.15, 0.2) is 29.8 Å². The largest absolute Gasteiger partial charge is 0.496 e. The molecule has 1 saturated heterocycles. The molecule has 1 aromatic carbocycles. The fourth-order valence-electron chi connectivity index (χ4n) is 5.38. The van der Waals surface area contributed by atoms with Crippen molar-refractivity contribution in [2.24, 2.45) is 11.8 Å². The van der Waals surface area contributed by atoms with Gasteiger partial charge in [-0.25, -0.2) is 9.78 Å². The molecular weight excluding hydrogens is 476 g/mol. The highest BCUT2D eigenvalue weighted by molar-refractivity contribution is 7.09. The summed E-state index contributed by atoms with van der Waals surface area (Å²) < 4.78 is 11.6. The standard InChI is InChI=1S/C28H40N2O5S/c1-8-12-35-17-20-16-28(26(32)33,15-18(2)3)30(23(20)24-29-11-13-36-24)25(31)19-9-10-21(27(4,5)6)22(14-19)34-7/h9-11,13-14,18,20,23H,8,12,15-17H2,1-7H3,(H,32,33)/t20-,23+,28-/m0/s1. The maximum absolute atomic E-state index is 14.3. The highest BCUT2D eigenvalue weighted by Gasteiger charge is 2.59. The Bertz CT molecular complexity index is 1050. The molecule has 1 aliphatic rings. The fourth-order valence-corrected chi connectivity index (χ4v) is 6.20. The van der Waals surface area contributed by atoms with E-state index in [-0.39, 0.29) is 23.2 Å². The molecule has 36 heavy (non-hydrogen) atoms. The zero-order valence-corrected chi connectivity index (χ0v) is 23.4. The molecule has 3 rings (SSSR count). The minimum atomic E-state index is -1.36. The van der Waals surface area contributed by atoms with Crippen molar-refractivity contribution in [3.05, 3.63) is 45.9 Å². The topological polar surface area (TPSA) is 89.0 Å². The molecule has 1 fully saturated rings. The van der Waals surface area contributed by atoms with E-state index in [1.54, 1.807) is 30.3 Å². The number of benzene rings is 1. The smallest absolute Gasteiger partial charge is 0.329 e. The summed E-state index contributed by atoms with van der Waals surface area (Å²) >= 11 is 1.45. The van der Waals surface area contributed by atoms with Gasteiger partial charge >= 0.3 is 5.97 Å². The van der Waals surface area contributed by atoms with E-state index in [0.29, 0.717) is 37.4 Å². The van der Waals surface area contributed by atoms with Crippen LogP contribution in [0.25, 0.3) is 0 Å². The molecule has 0 spiro atoms. The number of carbonyl (C=O) groups is 2. The molecule has 1 amide bonds. The van der Waals surface area contributed by atoms with E-state index in [1.165, 1.54) is 11.3 Å². The van der Waals surface area contributed by atoms with E-state index in [9.17, 15) is 14.7 Å². The average Bonchev–Trinajstić information content (AvgIpc) is 3.44. The van der Waals surface area contributed by atoms with Gasteiger partial charge in [0, 0.05) is 29.7 Å². The minimum absolute atomic E-state index is 0.0708. The van der Waals surface area contributed by atoms with E-state index in [4.69, 9.17) is 9.47 Å². The number of thiazole rings is 1. The Morgan fingerprint density at radius 3 is 2.56 bits per heavy atom. The number of aromatic nitrogens is 1. The Hall–Kier alpha value is -2.45. The van der Waals surface area contributed by atoms with Gasteiger partial charge in [-0.1, -0.05) is 47.6 Å². The summed E-state index contributed by atoms with van der Waals surface area (Å²) in [6.45, 7) is 13.3. The number of carbonyl (C=O) groups excluding carboxylic acids is 1. The second-order valence-corrected chi connectivity index (χ2v) is 12.1. The molecule has 1 aromatic heterocycles. The molecule has 2 aromatic rings. The van der Waals surface area contributed by atoms with Crippen LogP contribution in [0.5, 0.6) is 5.75 Å². The van der Waals surface area contributed by atoms with Crippen LogP contribution < -0.4 is 4.74 Å². The first-order chi connectivity index (χ1) is 17.0. The van der Waals surface area contributed by atoms with E-state index < -0.39 is 17.6 Å². The second kappa shape index (κ2) is 11.3. The first-order valence-corrected chi connectivity index (χ1v) is 13.6. The SMILES string of the molecule is CCCOC[C@@H]1C[C@@](CC(C)C)(C(=O)O)N(C(=O)c2ccc(C(C)(C)C)c(OC)c2)[C@H]1c1nccs1. The summed E-state index contributed by atoms with van der Waals surface area (Å²) in [5.41, 5.74) is -0.144. The van der Waals surface area contributed by atoms with Crippen LogP contribution in [0.3, 0.4) is 0 Å². The number of hydrogen-bond donors (Lipinski definition) is 1. The minimum Gasteiger partial charge on any atom is -0.496 e. The number of carboxylic acids is 1. The van der Waals surface area contributed by atoms with Gasteiger partial charge < -0.3 is 19.5 Å². The molecule has 1 aliphatic heterocycles. The van der Waals surface area contributed by atoms with Gasteiger partial charge in [0.2, 0.25) is 0 Å². The normalized spacial score (nSPS) is 22.3. The maximum Gasteiger partial charge on any atom is 0.329 e. The van der Waals surface area contributed by atoms with Crippen LogP contribution in [-0.4, -0.2) is 52.7 Å². The van der Waals surface area contributed by atoms with Gasteiger partial charge in [0.25, 0.3) is 5.91 Å². The van der Waals surface area contributed by atoms with E-state index in [1.807, 2.05) is 32.2 Å². The van der Waals surface area contributed by atoms with Crippen molar-refractivity contribution >= 4 is 23.2 Å². The lowest BCUT2D eigenvalue weighted by molar-refractivity contribution is -0.150. The zero-order chi connectivity index (χ0) is 26.7. The third-order valence-corrected chi connectivity index (χ3v) is 7.64. The predicted octanol–water partition coefficient (Wildman–Crippen LogP) is 5.95. The molecule has 8 heteroatoms. The predicted molar refractivity (Wildman–Crippen MR) is 142 cm³/mol. The zero-order valence-electron chi connectivity index (χ0n) is 22.5. The molecule has 198 valence electrons. The molecule has 0 aliphatic carbocycles.